The van der Waals surface area contributed by atoms with Crippen molar-refractivity contribution in [3.05, 3.63) is 0 Å². The summed E-state index contributed by atoms with van der Waals surface area (Å²) < 4.78 is 30.7. The van der Waals surface area contributed by atoms with Crippen LogP contribution in [0.2, 0.25) is 0 Å². The van der Waals surface area contributed by atoms with Crippen LogP contribution in [0.3, 0.4) is 0 Å². The van der Waals surface area contributed by atoms with Gasteiger partial charge >= 0.3 is 17.9 Å². The quantitative estimate of drug-likeness (QED) is 0.317. The van der Waals surface area contributed by atoms with Crippen LogP contribution in [0.5, 0.6) is 0 Å². The summed E-state index contributed by atoms with van der Waals surface area (Å²) in [6, 6.07) is 0. The predicted molar refractivity (Wildman–Crippen MR) is 132 cm³/mol. The van der Waals surface area contributed by atoms with Crippen LogP contribution in [-0.2, 0) is 38.1 Å². The molecule has 4 fully saturated rings. The van der Waals surface area contributed by atoms with Gasteiger partial charge in [0.15, 0.2) is 6.10 Å². The highest BCUT2D eigenvalue weighted by Crippen LogP contribution is 2.60. The standard InChI is InChI=1S/C28H44O9/c1-9-10-19(31)37-26(6)12-11-18-27(7,36-18)13-17-22-21(24(26)35-17)20(14(2)3)23(33-15(4)29)25(28(22,8)32)34-16(5)30/h14,17-18,20-25,32H,9-13H2,1-8H3. The molecule has 0 spiro atoms. The number of esters is 3. The minimum atomic E-state index is -1.57. The van der Waals surface area contributed by atoms with E-state index in [9.17, 15) is 19.5 Å². The SMILES string of the molecule is CCCC(=O)OC1(C)CCC2OC2(C)CC2OC1C1C(C(C)C)C(OC(C)=O)C(OC(C)=O)C(C)(O)C21. The first kappa shape index (κ1) is 28.3. The molecule has 1 aliphatic carbocycles. The van der Waals surface area contributed by atoms with E-state index in [0.717, 1.165) is 6.42 Å². The zero-order chi connectivity index (χ0) is 27.5. The Hall–Kier alpha value is -1.71. The monoisotopic (exact) mass is 524 g/mol. The van der Waals surface area contributed by atoms with Gasteiger partial charge in [-0.15, -0.1) is 0 Å². The third-order valence-electron chi connectivity index (χ3n) is 9.17. The molecule has 0 aromatic carbocycles. The molecule has 3 aliphatic heterocycles. The minimum absolute atomic E-state index is 0.0186. The van der Waals surface area contributed by atoms with Crippen molar-refractivity contribution in [2.75, 3.05) is 0 Å². The fourth-order valence-corrected chi connectivity index (χ4v) is 7.62. The van der Waals surface area contributed by atoms with Gasteiger partial charge < -0.3 is 28.8 Å². The van der Waals surface area contributed by atoms with Gasteiger partial charge in [0.25, 0.3) is 0 Å². The Kier molecular flexibility index (Phi) is 7.49. The molecule has 1 saturated carbocycles. The van der Waals surface area contributed by atoms with Crippen LogP contribution < -0.4 is 0 Å². The van der Waals surface area contributed by atoms with Crippen molar-refractivity contribution in [3.63, 3.8) is 0 Å². The highest BCUT2D eigenvalue weighted by molar-refractivity contribution is 5.70. The van der Waals surface area contributed by atoms with Gasteiger partial charge in [0.2, 0.25) is 0 Å². The van der Waals surface area contributed by atoms with Crippen molar-refractivity contribution in [3.8, 4) is 0 Å². The molecular weight excluding hydrogens is 480 g/mol. The van der Waals surface area contributed by atoms with Crippen LogP contribution in [0.1, 0.15) is 87.5 Å². The number of ether oxygens (including phenoxy) is 5. The Morgan fingerprint density at radius 1 is 1.08 bits per heavy atom. The predicted octanol–water partition coefficient (Wildman–Crippen LogP) is 3.33. The number of hydrogen-bond donors (Lipinski definition) is 1. The topological polar surface area (TPSA) is 121 Å². The van der Waals surface area contributed by atoms with E-state index < -0.39 is 59.1 Å². The Balaban J connectivity index is 1.86. The molecule has 9 nitrogen and oxygen atoms in total. The van der Waals surface area contributed by atoms with Crippen molar-refractivity contribution >= 4 is 17.9 Å². The molecule has 1 N–H and O–H groups in total. The first-order valence-corrected chi connectivity index (χ1v) is 13.8. The Morgan fingerprint density at radius 2 is 1.73 bits per heavy atom. The summed E-state index contributed by atoms with van der Waals surface area (Å²) in [6.45, 7) is 14.2. The Labute approximate surface area is 219 Å². The maximum Gasteiger partial charge on any atom is 0.306 e. The van der Waals surface area contributed by atoms with Gasteiger partial charge in [-0.2, -0.15) is 0 Å². The largest absolute Gasteiger partial charge is 0.458 e. The summed E-state index contributed by atoms with van der Waals surface area (Å²) in [6.07, 6.45) is -0.126. The van der Waals surface area contributed by atoms with Gasteiger partial charge in [0.05, 0.1) is 17.8 Å². The summed E-state index contributed by atoms with van der Waals surface area (Å²) in [4.78, 5) is 37.3. The Morgan fingerprint density at radius 3 is 2.30 bits per heavy atom. The van der Waals surface area contributed by atoms with E-state index in [1.165, 1.54) is 13.8 Å². The van der Waals surface area contributed by atoms with E-state index in [1.54, 1.807) is 6.92 Å². The molecule has 9 heteroatoms. The maximum absolute atomic E-state index is 12.8. The van der Waals surface area contributed by atoms with Crippen molar-refractivity contribution in [2.45, 2.75) is 135 Å². The van der Waals surface area contributed by atoms with Gasteiger partial charge in [-0.3, -0.25) is 14.4 Å². The first-order valence-electron chi connectivity index (χ1n) is 13.8. The van der Waals surface area contributed by atoms with E-state index in [0.29, 0.717) is 25.7 Å². The summed E-state index contributed by atoms with van der Waals surface area (Å²) in [5.74, 6) is -2.50. The second-order valence-corrected chi connectivity index (χ2v) is 12.5. The molecule has 0 aromatic heterocycles. The number of carbonyl (C=O) groups excluding carboxylic acids is 3. The molecule has 0 aromatic rings. The molecule has 37 heavy (non-hydrogen) atoms. The van der Waals surface area contributed by atoms with E-state index in [4.69, 9.17) is 23.7 Å². The molecule has 2 bridgehead atoms. The lowest BCUT2D eigenvalue weighted by Crippen LogP contribution is -2.68. The van der Waals surface area contributed by atoms with Crippen LogP contribution in [0, 0.1) is 23.7 Å². The highest BCUT2D eigenvalue weighted by atomic mass is 16.6. The van der Waals surface area contributed by atoms with E-state index in [1.807, 2.05) is 27.7 Å². The summed E-state index contributed by atoms with van der Waals surface area (Å²) in [5, 5.41) is 12.2. The van der Waals surface area contributed by atoms with Crippen LogP contribution >= 0.6 is 0 Å². The number of epoxide rings is 1. The molecule has 4 rings (SSSR count). The lowest BCUT2D eigenvalue weighted by atomic mass is 9.55. The third-order valence-corrected chi connectivity index (χ3v) is 9.17. The molecule has 3 saturated heterocycles. The molecule has 210 valence electrons. The maximum atomic E-state index is 12.8. The first-order chi connectivity index (χ1) is 17.1. The zero-order valence-corrected chi connectivity index (χ0v) is 23.4. The second kappa shape index (κ2) is 9.79. The zero-order valence-electron chi connectivity index (χ0n) is 23.4. The van der Waals surface area contributed by atoms with Gasteiger partial charge in [-0.05, 0) is 46.0 Å². The lowest BCUT2D eigenvalue weighted by Gasteiger charge is -2.55. The summed E-state index contributed by atoms with van der Waals surface area (Å²) in [7, 11) is 0. The fraction of sp³-hybridized carbons (Fsp3) is 0.893. The molecule has 11 atom stereocenters. The fourth-order valence-electron chi connectivity index (χ4n) is 7.62. The van der Waals surface area contributed by atoms with E-state index in [2.05, 4.69) is 6.92 Å². The Bertz CT molecular complexity index is 915. The molecule has 0 amide bonds. The number of hydrogen-bond acceptors (Lipinski definition) is 9. The molecule has 3 heterocycles. The van der Waals surface area contributed by atoms with Crippen LogP contribution in [0.25, 0.3) is 0 Å². The third kappa shape index (κ3) is 5.03. The highest BCUT2D eigenvalue weighted by Gasteiger charge is 2.71. The van der Waals surface area contributed by atoms with Gasteiger partial charge in [-0.25, -0.2) is 0 Å². The summed E-state index contributed by atoms with van der Waals surface area (Å²) >= 11 is 0. The summed E-state index contributed by atoms with van der Waals surface area (Å²) in [5.41, 5.74) is -2.95. The van der Waals surface area contributed by atoms with Crippen molar-refractivity contribution in [2.24, 2.45) is 23.7 Å². The molecular formula is C28H44O9. The number of aliphatic hydroxyl groups is 1. The number of carbonyl (C=O) groups is 3. The molecule has 0 radical (unpaired) electrons. The van der Waals surface area contributed by atoms with Gasteiger partial charge in [0, 0.05) is 44.4 Å². The molecule has 4 aliphatic rings. The van der Waals surface area contributed by atoms with Crippen molar-refractivity contribution < 1.29 is 43.2 Å². The van der Waals surface area contributed by atoms with Crippen LogP contribution in [0.4, 0.5) is 0 Å². The second-order valence-electron chi connectivity index (χ2n) is 12.5. The average Bonchev–Trinajstić information content (AvgIpc) is 3.22. The molecule has 11 unspecified atom stereocenters. The number of rotatable bonds is 6. The van der Waals surface area contributed by atoms with E-state index >= 15 is 0 Å². The van der Waals surface area contributed by atoms with Gasteiger partial charge in [-0.1, -0.05) is 20.8 Å². The average molecular weight is 525 g/mol. The number of fused-ring (bicyclic) bond motifs is 6. The van der Waals surface area contributed by atoms with E-state index in [-0.39, 0.29) is 29.8 Å². The smallest absolute Gasteiger partial charge is 0.306 e. The van der Waals surface area contributed by atoms with Crippen LogP contribution in [0.15, 0.2) is 0 Å². The minimum Gasteiger partial charge on any atom is -0.458 e. The lowest BCUT2D eigenvalue weighted by molar-refractivity contribution is -0.240. The van der Waals surface area contributed by atoms with Crippen molar-refractivity contribution in [1.82, 2.24) is 0 Å². The van der Waals surface area contributed by atoms with Crippen molar-refractivity contribution in [1.29, 1.82) is 0 Å². The van der Waals surface area contributed by atoms with Crippen LogP contribution in [-0.4, -0.2) is 70.3 Å². The normalized spacial score (nSPS) is 46.5. The van der Waals surface area contributed by atoms with Gasteiger partial charge in [0.1, 0.15) is 23.4 Å².